The SMILES string of the molecule is COc1ccc(Nc2cc3c(c(C(F)(F)F)c2)N(C)[C@H]2CCNC[C@@H]32)cn1. The fourth-order valence-electron chi connectivity index (χ4n) is 4.15. The Morgan fingerprint density at radius 3 is 2.74 bits per heavy atom. The second-order valence-corrected chi connectivity index (χ2v) is 6.95. The molecular weight excluding hydrogens is 357 g/mol. The van der Waals surface area contributed by atoms with Crippen LogP contribution in [-0.2, 0) is 6.18 Å². The number of piperidine rings is 1. The van der Waals surface area contributed by atoms with E-state index in [1.54, 1.807) is 19.2 Å². The third-order valence-electron chi connectivity index (χ3n) is 5.37. The lowest BCUT2D eigenvalue weighted by Crippen LogP contribution is -2.42. The number of rotatable bonds is 3. The van der Waals surface area contributed by atoms with Gasteiger partial charge >= 0.3 is 6.18 Å². The maximum absolute atomic E-state index is 13.8. The van der Waals surface area contributed by atoms with E-state index >= 15 is 0 Å². The van der Waals surface area contributed by atoms with E-state index in [2.05, 4.69) is 15.6 Å². The number of aromatic nitrogens is 1. The molecular formula is C19H21F3N4O. The van der Waals surface area contributed by atoms with Gasteiger partial charge in [-0.15, -0.1) is 0 Å². The van der Waals surface area contributed by atoms with Crippen LogP contribution < -0.4 is 20.3 Å². The number of alkyl halides is 3. The van der Waals surface area contributed by atoms with Crippen molar-refractivity contribution in [3.8, 4) is 5.88 Å². The van der Waals surface area contributed by atoms with Gasteiger partial charge in [0.2, 0.25) is 5.88 Å². The van der Waals surface area contributed by atoms with Crippen molar-refractivity contribution in [1.29, 1.82) is 0 Å². The van der Waals surface area contributed by atoms with E-state index in [0.717, 1.165) is 18.5 Å². The summed E-state index contributed by atoms with van der Waals surface area (Å²) >= 11 is 0. The summed E-state index contributed by atoms with van der Waals surface area (Å²) in [7, 11) is 3.28. The number of fused-ring (bicyclic) bond motifs is 3. The van der Waals surface area contributed by atoms with Crippen molar-refractivity contribution in [3.63, 3.8) is 0 Å². The average molecular weight is 378 g/mol. The van der Waals surface area contributed by atoms with Crippen molar-refractivity contribution < 1.29 is 17.9 Å². The third kappa shape index (κ3) is 3.18. The molecule has 8 heteroatoms. The van der Waals surface area contributed by atoms with Gasteiger partial charge in [-0.2, -0.15) is 13.2 Å². The fraction of sp³-hybridized carbons (Fsp3) is 0.421. The smallest absolute Gasteiger partial charge is 0.418 e. The summed E-state index contributed by atoms with van der Waals surface area (Å²) in [5, 5.41) is 6.36. The second-order valence-electron chi connectivity index (χ2n) is 6.95. The van der Waals surface area contributed by atoms with Crippen LogP contribution in [0, 0.1) is 0 Å². The summed E-state index contributed by atoms with van der Waals surface area (Å²) in [5.74, 6) is 0.499. The van der Waals surface area contributed by atoms with Crippen molar-refractivity contribution in [2.24, 2.45) is 0 Å². The number of halogens is 3. The van der Waals surface area contributed by atoms with Crippen LogP contribution in [-0.4, -0.2) is 38.3 Å². The molecule has 0 unspecified atom stereocenters. The van der Waals surface area contributed by atoms with Crippen molar-refractivity contribution >= 4 is 17.1 Å². The van der Waals surface area contributed by atoms with Gasteiger partial charge in [-0.05, 0) is 36.7 Å². The van der Waals surface area contributed by atoms with E-state index in [4.69, 9.17) is 4.74 Å². The predicted molar refractivity (Wildman–Crippen MR) is 97.9 cm³/mol. The molecule has 0 radical (unpaired) electrons. The minimum atomic E-state index is -4.42. The topological polar surface area (TPSA) is 49.4 Å². The summed E-state index contributed by atoms with van der Waals surface area (Å²) in [6.45, 7) is 1.51. The zero-order valence-electron chi connectivity index (χ0n) is 15.1. The Balaban J connectivity index is 1.76. The minimum absolute atomic E-state index is 0.0515. The summed E-state index contributed by atoms with van der Waals surface area (Å²) in [5.41, 5.74) is 1.47. The van der Waals surface area contributed by atoms with Crippen LogP contribution in [0.1, 0.15) is 23.5 Å². The molecule has 1 saturated heterocycles. The molecule has 2 aromatic rings. The normalized spacial score (nSPS) is 21.6. The minimum Gasteiger partial charge on any atom is -0.481 e. The number of benzene rings is 1. The number of anilines is 3. The molecule has 1 aromatic heterocycles. The highest BCUT2D eigenvalue weighted by Crippen LogP contribution is 2.50. The Morgan fingerprint density at radius 1 is 1.26 bits per heavy atom. The monoisotopic (exact) mass is 378 g/mol. The average Bonchev–Trinajstić information content (AvgIpc) is 2.94. The van der Waals surface area contributed by atoms with Crippen LogP contribution in [0.25, 0.3) is 0 Å². The molecule has 4 rings (SSSR count). The molecule has 2 aliphatic heterocycles. The molecule has 0 saturated carbocycles. The van der Waals surface area contributed by atoms with E-state index in [1.807, 2.05) is 11.0 Å². The number of hydrogen-bond acceptors (Lipinski definition) is 5. The molecule has 0 amide bonds. The number of pyridine rings is 1. The van der Waals surface area contributed by atoms with E-state index in [0.29, 0.717) is 29.5 Å². The number of ether oxygens (including phenoxy) is 1. The molecule has 1 aromatic carbocycles. The number of methoxy groups -OCH3 is 1. The first kappa shape index (κ1) is 17.9. The largest absolute Gasteiger partial charge is 0.481 e. The van der Waals surface area contributed by atoms with Gasteiger partial charge in [0, 0.05) is 37.3 Å². The second kappa shape index (κ2) is 6.60. The first-order valence-electron chi connectivity index (χ1n) is 8.84. The molecule has 0 bridgehead atoms. The maximum atomic E-state index is 13.8. The lowest BCUT2D eigenvalue weighted by Gasteiger charge is -2.31. The van der Waals surface area contributed by atoms with E-state index < -0.39 is 11.7 Å². The molecule has 3 heterocycles. The van der Waals surface area contributed by atoms with Crippen LogP contribution in [0.3, 0.4) is 0 Å². The van der Waals surface area contributed by atoms with Gasteiger partial charge in [0.25, 0.3) is 0 Å². The number of hydrogen-bond donors (Lipinski definition) is 2. The van der Waals surface area contributed by atoms with Crippen molar-refractivity contribution in [3.05, 3.63) is 41.6 Å². The van der Waals surface area contributed by atoms with Gasteiger partial charge in [0.1, 0.15) is 0 Å². The number of likely N-dealkylation sites (N-methyl/N-ethyl adjacent to an activating group) is 1. The van der Waals surface area contributed by atoms with Crippen LogP contribution in [0.2, 0.25) is 0 Å². The van der Waals surface area contributed by atoms with Crippen molar-refractivity contribution in [1.82, 2.24) is 10.3 Å². The van der Waals surface area contributed by atoms with Gasteiger partial charge in [-0.25, -0.2) is 4.98 Å². The molecule has 1 fully saturated rings. The van der Waals surface area contributed by atoms with Crippen LogP contribution in [0.5, 0.6) is 5.88 Å². The quantitative estimate of drug-likeness (QED) is 0.852. The van der Waals surface area contributed by atoms with E-state index in [1.165, 1.54) is 19.4 Å². The Kier molecular flexibility index (Phi) is 4.38. The fourth-order valence-corrected chi connectivity index (χ4v) is 4.15. The third-order valence-corrected chi connectivity index (χ3v) is 5.37. The summed E-state index contributed by atoms with van der Waals surface area (Å²) in [6, 6.07) is 6.51. The van der Waals surface area contributed by atoms with Crippen molar-refractivity contribution in [2.75, 3.05) is 37.5 Å². The van der Waals surface area contributed by atoms with E-state index in [9.17, 15) is 13.2 Å². The van der Waals surface area contributed by atoms with Crippen LogP contribution in [0.15, 0.2) is 30.5 Å². The molecule has 0 spiro atoms. The van der Waals surface area contributed by atoms with Crippen LogP contribution in [0.4, 0.5) is 30.2 Å². The lowest BCUT2D eigenvalue weighted by molar-refractivity contribution is -0.137. The van der Waals surface area contributed by atoms with Gasteiger partial charge in [0.05, 0.1) is 30.2 Å². The Hall–Kier alpha value is -2.48. The Labute approximate surface area is 155 Å². The molecule has 27 heavy (non-hydrogen) atoms. The van der Waals surface area contributed by atoms with Gasteiger partial charge in [-0.1, -0.05) is 0 Å². The highest BCUT2D eigenvalue weighted by molar-refractivity contribution is 5.74. The highest BCUT2D eigenvalue weighted by Gasteiger charge is 2.45. The lowest BCUT2D eigenvalue weighted by atomic mass is 9.89. The molecule has 2 N–H and O–H groups in total. The van der Waals surface area contributed by atoms with Gasteiger partial charge in [0.15, 0.2) is 0 Å². The summed E-state index contributed by atoms with van der Waals surface area (Å²) < 4.78 is 46.5. The molecule has 2 atom stereocenters. The molecule has 0 aliphatic carbocycles. The molecule has 144 valence electrons. The summed E-state index contributed by atoms with van der Waals surface area (Å²) in [4.78, 5) is 5.90. The highest BCUT2D eigenvalue weighted by atomic mass is 19.4. The maximum Gasteiger partial charge on any atom is 0.418 e. The molecule has 2 aliphatic rings. The van der Waals surface area contributed by atoms with Gasteiger partial charge < -0.3 is 20.3 Å². The Morgan fingerprint density at radius 2 is 2.07 bits per heavy atom. The zero-order chi connectivity index (χ0) is 19.2. The van der Waals surface area contributed by atoms with E-state index in [-0.39, 0.29) is 12.0 Å². The van der Waals surface area contributed by atoms with Crippen LogP contribution >= 0.6 is 0 Å². The van der Waals surface area contributed by atoms with Gasteiger partial charge in [-0.3, -0.25) is 0 Å². The van der Waals surface area contributed by atoms with Crippen molar-refractivity contribution in [2.45, 2.75) is 24.6 Å². The standard InChI is InChI=1S/C19H21F3N4O/c1-26-16-5-6-23-10-14(16)13-7-12(8-15(18(13)26)19(20,21)22)25-11-3-4-17(27-2)24-9-11/h3-4,7-9,14,16,23,25H,5-6,10H2,1-2H3/t14-,16-/m0/s1. The summed E-state index contributed by atoms with van der Waals surface area (Å²) in [6.07, 6.45) is -2.05. The molecule has 5 nitrogen and oxygen atoms in total. The predicted octanol–water partition coefficient (Wildman–Crippen LogP) is 3.75. The first-order chi connectivity index (χ1) is 12.9. The number of nitrogens with zero attached hydrogens (tertiary/aromatic N) is 2. The zero-order valence-corrected chi connectivity index (χ0v) is 15.1. The first-order valence-corrected chi connectivity index (χ1v) is 8.84. The number of nitrogens with one attached hydrogen (secondary N) is 2. The Bertz CT molecular complexity index is 838.